The number of aryl methyl sites for hydroxylation is 1. The minimum absolute atomic E-state index is 0.0640. The maximum atomic E-state index is 12.7. The van der Waals surface area contributed by atoms with Crippen LogP contribution in [0.2, 0.25) is 0 Å². The van der Waals surface area contributed by atoms with Gasteiger partial charge in [0.1, 0.15) is 5.00 Å². The lowest BCUT2D eigenvalue weighted by atomic mass is 10.0. The van der Waals surface area contributed by atoms with Gasteiger partial charge in [0.2, 0.25) is 11.8 Å². The molecule has 0 radical (unpaired) electrons. The second-order valence-electron chi connectivity index (χ2n) is 7.77. The third kappa shape index (κ3) is 3.49. The van der Waals surface area contributed by atoms with Gasteiger partial charge in [-0.2, -0.15) is 0 Å². The third-order valence-corrected chi connectivity index (χ3v) is 6.87. The predicted molar refractivity (Wildman–Crippen MR) is 100 cm³/mol. The number of hydrogen-bond acceptors (Lipinski definition) is 4. The first kappa shape index (κ1) is 17.5. The van der Waals surface area contributed by atoms with Gasteiger partial charge >= 0.3 is 0 Å². The minimum atomic E-state index is -0.474. The number of carbonyl (C=O) groups excluding carboxylic acids is 3. The molecule has 7 heteroatoms. The van der Waals surface area contributed by atoms with Crippen LogP contribution in [-0.4, -0.2) is 35.7 Å². The topological polar surface area (TPSA) is 92.5 Å². The fraction of sp³-hybridized carbons (Fsp3) is 0.632. The molecule has 2 heterocycles. The van der Waals surface area contributed by atoms with Crippen molar-refractivity contribution < 1.29 is 14.4 Å². The molecule has 3 N–H and O–H groups in total. The van der Waals surface area contributed by atoms with E-state index in [4.69, 9.17) is 5.73 Å². The lowest BCUT2D eigenvalue weighted by molar-refractivity contribution is -0.128. The number of hydrogen-bond donors (Lipinski definition) is 2. The second kappa shape index (κ2) is 7.02. The van der Waals surface area contributed by atoms with E-state index in [1.165, 1.54) is 29.1 Å². The average molecular weight is 375 g/mol. The fourth-order valence-electron chi connectivity index (χ4n) is 4.04. The van der Waals surface area contributed by atoms with Crippen LogP contribution in [0.4, 0.5) is 5.00 Å². The first-order valence-corrected chi connectivity index (χ1v) is 10.4. The van der Waals surface area contributed by atoms with Crippen molar-refractivity contribution in [1.82, 2.24) is 4.90 Å². The summed E-state index contributed by atoms with van der Waals surface area (Å²) in [5, 5.41) is 3.49. The molecule has 2 aliphatic carbocycles. The number of nitrogens with one attached hydrogen (secondary N) is 1. The van der Waals surface area contributed by atoms with Crippen LogP contribution in [-0.2, 0) is 22.4 Å². The van der Waals surface area contributed by atoms with Gasteiger partial charge in [0.05, 0.1) is 11.5 Å². The van der Waals surface area contributed by atoms with E-state index in [2.05, 4.69) is 5.32 Å². The zero-order valence-electron chi connectivity index (χ0n) is 14.9. The largest absolute Gasteiger partial charge is 0.365 e. The Labute approximate surface area is 157 Å². The van der Waals surface area contributed by atoms with Crippen LogP contribution >= 0.6 is 11.3 Å². The molecule has 1 saturated carbocycles. The molecule has 1 aromatic heterocycles. The smallest absolute Gasteiger partial charge is 0.251 e. The number of fused-ring (bicyclic) bond motifs is 1. The van der Waals surface area contributed by atoms with Crippen LogP contribution in [0, 0.1) is 11.8 Å². The lowest BCUT2D eigenvalue weighted by Gasteiger charge is -2.16. The van der Waals surface area contributed by atoms with Crippen LogP contribution in [0.3, 0.4) is 0 Å². The van der Waals surface area contributed by atoms with Crippen molar-refractivity contribution in [3.8, 4) is 0 Å². The van der Waals surface area contributed by atoms with Crippen LogP contribution in [0.1, 0.15) is 59.3 Å². The van der Waals surface area contributed by atoms with E-state index in [0.717, 1.165) is 44.2 Å². The van der Waals surface area contributed by atoms with E-state index in [-0.39, 0.29) is 24.2 Å². The molecule has 1 aromatic rings. The molecule has 3 amide bonds. The molecule has 140 valence electrons. The summed E-state index contributed by atoms with van der Waals surface area (Å²) in [6.45, 7) is 1.26. The number of thiophene rings is 1. The zero-order chi connectivity index (χ0) is 18.3. The lowest BCUT2D eigenvalue weighted by Crippen LogP contribution is -2.30. The number of amides is 3. The second-order valence-corrected chi connectivity index (χ2v) is 8.87. The van der Waals surface area contributed by atoms with Gasteiger partial charge in [-0.15, -0.1) is 11.3 Å². The maximum absolute atomic E-state index is 12.7. The standard InChI is InChI=1S/C19H25N3O3S/c20-17(24)16-13-4-2-1-3-5-14(13)26-19(16)21-18(25)12-8-15(23)22(10-12)9-11-6-7-11/h11-12H,1-10H2,(H2,20,24)(H,21,25). The van der Waals surface area contributed by atoms with Crippen LogP contribution in [0.15, 0.2) is 0 Å². The molecular weight excluding hydrogens is 350 g/mol. The summed E-state index contributed by atoms with van der Waals surface area (Å²) in [4.78, 5) is 39.9. The highest BCUT2D eigenvalue weighted by molar-refractivity contribution is 7.17. The van der Waals surface area contributed by atoms with E-state index < -0.39 is 5.91 Å². The maximum Gasteiger partial charge on any atom is 0.251 e. The molecule has 1 saturated heterocycles. The van der Waals surface area contributed by atoms with Crippen molar-refractivity contribution in [2.24, 2.45) is 17.6 Å². The summed E-state index contributed by atoms with van der Waals surface area (Å²) >= 11 is 1.48. The van der Waals surface area contributed by atoms with Crippen molar-refractivity contribution in [3.63, 3.8) is 0 Å². The number of carbonyl (C=O) groups is 3. The Morgan fingerprint density at radius 1 is 1.19 bits per heavy atom. The third-order valence-electron chi connectivity index (χ3n) is 5.67. The van der Waals surface area contributed by atoms with Gasteiger partial charge in [-0.05, 0) is 50.0 Å². The highest BCUT2D eigenvalue weighted by atomic mass is 32.1. The Morgan fingerprint density at radius 2 is 1.96 bits per heavy atom. The summed E-state index contributed by atoms with van der Waals surface area (Å²) < 4.78 is 0. The van der Waals surface area contributed by atoms with Gasteiger partial charge in [0, 0.05) is 24.4 Å². The predicted octanol–water partition coefficient (Wildman–Crippen LogP) is 2.31. The summed E-state index contributed by atoms with van der Waals surface area (Å²) in [5.74, 6) is -0.304. The normalized spacial score (nSPS) is 22.8. The molecule has 2 fully saturated rings. The van der Waals surface area contributed by atoms with Crippen molar-refractivity contribution in [1.29, 1.82) is 0 Å². The fourth-order valence-corrected chi connectivity index (χ4v) is 5.34. The highest BCUT2D eigenvalue weighted by Crippen LogP contribution is 2.38. The van der Waals surface area contributed by atoms with E-state index in [1.54, 1.807) is 0 Å². The van der Waals surface area contributed by atoms with Gasteiger partial charge in [-0.25, -0.2) is 0 Å². The summed E-state index contributed by atoms with van der Waals surface area (Å²) in [5.41, 5.74) is 7.13. The van der Waals surface area contributed by atoms with E-state index >= 15 is 0 Å². The van der Waals surface area contributed by atoms with Gasteiger partial charge in [-0.3, -0.25) is 14.4 Å². The molecule has 1 atom stereocenters. The number of nitrogens with two attached hydrogens (primary N) is 1. The van der Waals surface area contributed by atoms with E-state index in [9.17, 15) is 14.4 Å². The highest BCUT2D eigenvalue weighted by Gasteiger charge is 2.37. The Morgan fingerprint density at radius 3 is 2.69 bits per heavy atom. The molecular formula is C19H25N3O3S. The molecule has 4 rings (SSSR count). The first-order chi connectivity index (χ1) is 12.5. The molecule has 26 heavy (non-hydrogen) atoms. The quantitative estimate of drug-likeness (QED) is 0.774. The molecule has 0 bridgehead atoms. The van der Waals surface area contributed by atoms with Crippen LogP contribution in [0.5, 0.6) is 0 Å². The first-order valence-electron chi connectivity index (χ1n) is 9.56. The average Bonchev–Trinajstić information content (AvgIpc) is 3.29. The minimum Gasteiger partial charge on any atom is -0.365 e. The van der Waals surface area contributed by atoms with Crippen molar-refractivity contribution >= 4 is 34.1 Å². The van der Waals surface area contributed by atoms with Crippen molar-refractivity contribution in [3.05, 3.63) is 16.0 Å². The summed E-state index contributed by atoms with van der Waals surface area (Å²) in [6.07, 6.45) is 7.71. The van der Waals surface area contributed by atoms with E-state index in [1.807, 2.05) is 4.90 Å². The Hall–Kier alpha value is -1.89. The van der Waals surface area contributed by atoms with Crippen LogP contribution < -0.4 is 11.1 Å². The van der Waals surface area contributed by atoms with Gasteiger partial charge < -0.3 is 16.0 Å². The van der Waals surface area contributed by atoms with Gasteiger partial charge in [-0.1, -0.05) is 6.42 Å². The number of primary amides is 1. The SMILES string of the molecule is NC(=O)c1c(NC(=O)C2CC(=O)N(CC3CC3)C2)sc2c1CCCCC2. The monoisotopic (exact) mass is 375 g/mol. The van der Waals surface area contributed by atoms with Crippen LogP contribution in [0.25, 0.3) is 0 Å². The summed E-state index contributed by atoms with van der Waals surface area (Å²) in [7, 11) is 0. The molecule has 1 unspecified atom stereocenters. The zero-order valence-corrected chi connectivity index (χ0v) is 15.7. The number of likely N-dealkylation sites (tertiary alicyclic amines) is 1. The number of rotatable bonds is 5. The van der Waals surface area contributed by atoms with Gasteiger partial charge in [0.15, 0.2) is 0 Å². The van der Waals surface area contributed by atoms with Gasteiger partial charge in [0.25, 0.3) is 5.91 Å². The van der Waals surface area contributed by atoms with Crippen molar-refractivity contribution in [2.75, 3.05) is 18.4 Å². The van der Waals surface area contributed by atoms with E-state index in [0.29, 0.717) is 23.0 Å². The molecule has 1 aliphatic heterocycles. The molecule has 3 aliphatic rings. The molecule has 6 nitrogen and oxygen atoms in total. The number of nitrogens with zero attached hydrogens (tertiary/aromatic N) is 1. The Kier molecular flexibility index (Phi) is 4.73. The Bertz CT molecular complexity index is 753. The number of anilines is 1. The molecule has 0 aromatic carbocycles. The molecule has 0 spiro atoms. The summed E-state index contributed by atoms with van der Waals surface area (Å²) in [6, 6.07) is 0. The van der Waals surface area contributed by atoms with Crippen molar-refractivity contribution in [2.45, 2.75) is 51.4 Å². The Balaban J connectivity index is 1.49.